The number of amides is 1. The Morgan fingerprint density at radius 3 is 2.36 bits per heavy atom. The number of aromatic nitrogens is 1. The first-order chi connectivity index (χ1) is 20.5. The maximum atomic E-state index is 13.3. The Kier molecular flexibility index (Phi) is 8.84. The molecule has 8 nitrogen and oxygen atoms in total. The summed E-state index contributed by atoms with van der Waals surface area (Å²) in [5, 5.41) is 6.83. The van der Waals surface area contributed by atoms with Gasteiger partial charge < -0.3 is 29.8 Å². The van der Waals surface area contributed by atoms with E-state index in [0.717, 1.165) is 11.1 Å². The summed E-state index contributed by atoms with van der Waals surface area (Å²) in [6.45, 7) is 3.18. The zero-order valence-corrected chi connectivity index (χ0v) is 23.8. The second kappa shape index (κ2) is 13.1. The van der Waals surface area contributed by atoms with E-state index in [1.54, 1.807) is 50.6 Å². The van der Waals surface area contributed by atoms with Crippen molar-refractivity contribution in [2.75, 3.05) is 32.7 Å². The van der Waals surface area contributed by atoms with E-state index in [9.17, 15) is 9.59 Å². The Morgan fingerprint density at radius 1 is 0.857 bits per heavy atom. The molecule has 5 rings (SSSR count). The molecule has 1 unspecified atom stereocenters. The lowest BCUT2D eigenvalue weighted by Gasteiger charge is -2.17. The van der Waals surface area contributed by atoms with Gasteiger partial charge in [0.2, 0.25) is 0 Å². The minimum Gasteiger partial charge on any atom is -0.493 e. The first-order valence-electron chi connectivity index (χ1n) is 13.7. The first kappa shape index (κ1) is 28.4. The van der Waals surface area contributed by atoms with E-state index in [1.807, 2.05) is 60.7 Å². The zero-order valence-electron chi connectivity index (χ0n) is 23.8. The van der Waals surface area contributed by atoms with Crippen molar-refractivity contribution in [2.24, 2.45) is 0 Å². The van der Waals surface area contributed by atoms with Crippen LogP contribution in [0.5, 0.6) is 17.2 Å². The van der Waals surface area contributed by atoms with Crippen LogP contribution in [0.1, 0.15) is 28.9 Å². The van der Waals surface area contributed by atoms with E-state index < -0.39 is 0 Å². The molecule has 0 spiro atoms. The van der Waals surface area contributed by atoms with Crippen molar-refractivity contribution in [1.29, 1.82) is 0 Å². The lowest BCUT2D eigenvalue weighted by molar-refractivity contribution is 0.102. The number of para-hydroxylation sites is 1. The number of methoxy groups -OCH3 is 2. The van der Waals surface area contributed by atoms with E-state index in [4.69, 9.17) is 14.2 Å². The predicted molar refractivity (Wildman–Crippen MR) is 166 cm³/mol. The van der Waals surface area contributed by atoms with Gasteiger partial charge in [0, 0.05) is 35.4 Å². The Hall–Kier alpha value is -5.08. The molecule has 1 aromatic heterocycles. The molecular weight excluding hydrogens is 530 g/mol. The van der Waals surface area contributed by atoms with E-state index >= 15 is 0 Å². The number of nitrogens with one attached hydrogen (secondary N) is 3. The molecule has 8 heteroatoms. The number of benzene rings is 4. The van der Waals surface area contributed by atoms with Crippen LogP contribution in [0.2, 0.25) is 0 Å². The fraction of sp³-hybridized carbons (Fsp3) is 0.176. The van der Waals surface area contributed by atoms with Crippen LogP contribution in [-0.2, 0) is 0 Å². The highest BCUT2D eigenvalue weighted by molar-refractivity contribution is 6.12. The van der Waals surface area contributed by atoms with Gasteiger partial charge in [0.25, 0.3) is 5.91 Å². The Bertz CT molecular complexity index is 1730. The minimum atomic E-state index is -0.316. The molecule has 42 heavy (non-hydrogen) atoms. The number of aromatic amines is 1. The highest BCUT2D eigenvalue weighted by Gasteiger charge is 2.14. The van der Waals surface area contributed by atoms with E-state index in [2.05, 4.69) is 22.5 Å². The van der Waals surface area contributed by atoms with Gasteiger partial charge in [0.1, 0.15) is 12.4 Å². The second-order valence-electron chi connectivity index (χ2n) is 9.76. The van der Waals surface area contributed by atoms with Crippen molar-refractivity contribution in [1.82, 2.24) is 10.3 Å². The maximum absolute atomic E-state index is 13.3. The monoisotopic (exact) mass is 563 g/mol. The molecule has 0 saturated heterocycles. The molecular formula is C34H33N3O5. The van der Waals surface area contributed by atoms with Gasteiger partial charge in [-0.15, -0.1) is 0 Å². The van der Waals surface area contributed by atoms with Crippen molar-refractivity contribution >= 4 is 22.5 Å². The van der Waals surface area contributed by atoms with Crippen LogP contribution < -0.4 is 30.3 Å². The molecule has 4 aromatic carbocycles. The average molecular weight is 564 g/mol. The fourth-order valence-corrected chi connectivity index (χ4v) is 4.75. The molecule has 0 saturated carbocycles. The molecule has 0 fully saturated rings. The molecule has 1 atom stereocenters. The topological polar surface area (TPSA) is 102 Å². The molecule has 5 aromatic rings. The second-order valence-corrected chi connectivity index (χ2v) is 9.76. The Morgan fingerprint density at radius 2 is 1.62 bits per heavy atom. The number of H-pyrrole nitrogens is 1. The summed E-state index contributed by atoms with van der Waals surface area (Å²) < 4.78 is 16.6. The summed E-state index contributed by atoms with van der Waals surface area (Å²) in [7, 11) is 3.24. The minimum absolute atomic E-state index is 0.0961. The summed E-state index contributed by atoms with van der Waals surface area (Å²) >= 11 is 0. The normalized spacial score (nSPS) is 11.6. The molecule has 0 radical (unpaired) electrons. The van der Waals surface area contributed by atoms with Gasteiger partial charge >= 0.3 is 0 Å². The predicted octanol–water partition coefficient (Wildman–Crippen LogP) is 6.19. The Labute approximate surface area is 244 Å². The standard InChI is InChI=1S/C34H33N3O5/c1-22(24-12-17-31(40-2)32(20-24)41-3)35-18-19-42-26-15-13-25(14-16-26)36-34(39)28-11-7-10-27-30(38)21-29(37-33(27)28)23-8-5-4-6-9-23/h4-17,20-22,35H,18-19H2,1-3H3,(H,36,39)(H,37,38). The van der Waals surface area contributed by atoms with Gasteiger partial charge in [-0.25, -0.2) is 0 Å². The number of ether oxygens (including phenoxy) is 3. The molecule has 0 aliphatic carbocycles. The van der Waals surface area contributed by atoms with Crippen LogP contribution >= 0.6 is 0 Å². The SMILES string of the molecule is COc1ccc(C(C)NCCOc2ccc(NC(=O)c3cccc4c(=O)cc(-c5ccccc5)[nH]c34)cc2)cc1OC. The molecule has 214 valence electrons. The number of hydrogen-bond donors (Lipinski definition) is 3. The molecule has 0 aliphatic heterocycles. The van der Waals surface area contributed by atoms with E-state index in [1.165, 1.54) is 0 Å². The molecule has 1 amide bonds. The maximum Gasteiger partial charge on any atom is 0.257 e. The summed E-state index contributed by atoms with van der Waals surface area (Å²) in [6.07, 6.45) is 0. The number of carbonyl (C=O) groups is 1. The lowest BCUT2D eigenvalue weighted by atomic mass is 10.1. The third kappa shape index (κ3) is 6.45. The lowest BCUT2D eigenvalue weighted by Crippen LogP contribution is -2.24. The van der Waals surface area contributed by atoms with Crippen LogP contribution in [0.4, 0.5) is 5.69 Å². The van der Waals surface area contributed by atoms with Gasteiger partial charge in [-0.1, -0.05) is 42.5 Å². The largest absolute Gasteiger partial charge is 0.493 e. The van der Waals surface area contributed by atoms with Gasteiger partial charge in [0.05, 0.1) is 25.3 Å². The quantitative estimate of drug-likeness (QED) is 0.166. The van der Waals surface area contributed by atoms with Crippen molar-refractivity contribution in [3.8, 4) is 28.5 Å². The van der Waals surface area contributed by atoms with Crippen LogP contribution in [-0.4, -0.2) is 38.3 Å². The fourth-order valence-electron chi connectivity index (χ4n) is 4.75. The van der Waals surface area contributed by atoms with Gasteiger partial charge in [0.15, 0.2) is 16.9 Å². The van der Waals surface area contributed by atoms with Crippen molar-refractivity contribution in [2.45, 2.75) is 13.0 Å². The van der Waals surface area contributed by atoms with Crippen molar-refractivity contribution in [3.05, 3.63) is 118 Å². The Balaban J connectivity index is 1.19. The third-order valence-corrected chi connectivity index (χ3v) is 7.04. The number of rotatable bonds is 11. The first-order valence-corrected chi connectivity index (χ1v) is 13.7. The molecule has 3 N–H and O–H groups in total. The number of hydrogen-bond acceptors (Lipinski definition) is 6. The van der Waals surface area contributed by atoms with Crippen LogP contribution in [0.3, 0.4) is 0 Å². The number of anilines is 1. The smallest absolute Gasteiger partial charge is 0.257 e. The number of carbonyl (C=O) groups excluding carboxylic acids is 1. The van der Waals surface area contributed by atoms with Crippen molar-refractivity contribution < 1.29 is 19.0 Å². The van der Waals surface area contributed by atoms with E-state index in [0.29, 0.717) is 58.2 Å². The third-order valence-electron chi connectivity index (χ3n) is 7.04. The molecule has 1 heterocycles. The van der Waals surface area contributed by atoms with Gasteiger partial charge in [-0.3, -0.25) is 9.59 Å². The molecule has 0 aliphatic rings. The van der Waals surface area contributed by atoms with E-state index in [-0.39, 0.29) is 17.4 Å². The van der Waals surface area contributed by atoms with Gasteiger partial charge in [-0.05, 0) is 66.6 Å². The van der Waals surface area contributed by atoms with Gasteiger partial charge in [-0.2, -0.15) is 0 Å². The van der Waals surface area contributed by atoms with Crippen LogP contribution in [0.25, 0.3) is 22.2 Å². The number of pyridine rings is 1. The highest BCUT2D eigenvalue weighted by Crippen LogP contribution is 2.30. The summed E-state index contributed by atoms with van der Waals surface area (Å²) in [5.41, 5.74) is 3.96. The van der Waals surface area contributed by atoms with Crippen LogP contribution in [0.15, 0.2) is 102 Å². The summed E-state index contributed by atoms with van der Waals surface area (Å²) in [6, 6.07) is 29.4. The average Bonchev–Trinajstić information content (AvgIpc) is 3.03. The van der Waals surface area contributed by atoms with Crippen molar-refractivity contribution in [3.63, 3.8) is 0 Å². The summed E-state index contributed by atoms with van der Waals surface area (Å²) in [4.78, 5) is 29.4. The molecule has 0 bridgehead atoms. The van der Waals surface area contributed by atoms with Crippen LogP contribution in [0, 0.1) is 0 Å². The zero-order chi connectivity index (χ0) is 29.5. The summed E-state index contributed by atoms with van der Waals surface area (Å²) in [5.74, 6) is 1.76. The number of fused-ring (bicyclic) bond motifs is 1. The highest BCUT2D eigenvalue weighted by atomic mass is 16.5.